The molecule has 1 rings (SSSR count). The van der Waals surface area contributed by atoms with Crippen LogP contribution < -0.4 is 0 Å². The number of rotatable bonds is 3. The second-order valence-corrected chi connectivity index (χ2v) is 4.39. The Morgan fingerprint density at radius 1 is 1.27 bits per heavy atom. The second-order valence-electron chi connectivity index (χ2n) is 1.99. The fraction of sp³-hybridized carbons (Fsp3) is 0.250. The van der Waals surface area contributed by atoms with Crippen molar-refractivity contribution in [3.05, 3.63) is 29.3 Å². The maximum Gasteiger partial charge on any atom is 0.0406 e. The molecule has 0 fully saturated rings. The molecule has 0 N–H and O–H groups in total. The zero-order valence-corrected chi connectivity index (χ0v) is 9.05. The molecule has 11 heavy (non-hydrogen) atoms. The molecule has 0 bridgehead atoms. The van der Waals surface area contributed by atoms with Crippen LogP contribution in [0.1, 0.15) is 0 Å². The first-order valence-electron chi connectivity index (χ1n) is 3.27. The average Bonchev–Trinajstić information content (AvgIpc) is 2.04. The van der Waals surface area contributed by atoms with Crippen molar-refractivity contribution in [1.29, 1.82) is 0 Å². The van der Waals surface area contributed by atoms with E-state index in [0.717, 1.165) is 16.1 Å². The van der Waals surface area contributed by atoms with Crippen molar-refractivity contribution < 1.29 is 0 Å². The summed E-state index contributed by atoms with van der Waals surface area (Å²) in [5.41, 5.74) is 0. The van der Waals surface area contributed by atoms with Crippen molar-refractivity contribution in [2.24, 2.45) is 0 Å². The molecule has 0 aliphatic heterocycles. The summed E-state index contributed by atoms with van der Waals surface area (Å²) in [5.74, 6) is 1.10. The van der Waals surface area contributed by atoms with Crippen LogP contribution in [0.5, 0.6) is 0 Å². The molecule has 0 saturated heterocycles. The van der Waals surface area contributed by atoms with Gasteiger partial charge >= 0.3 is 0 Å². The van der Waals surface area contributed by atoms with Crippen molar-refractivity contribution in [1.82, 2.24) is 0 Å². The molecule has 1 aromatic rings. The fourth-order valence-corrected chi connectivity index (χ4v) is 1.94. The monoisotopic (exact) mass is 250 g/mol. The molecular weight excluding hydrogens is 244 g/mol. The molecule has 3 heteroatoms. The van der Waals surface area contributed by atoms with E-state index >= 15 is 0 Å². The van der Waals surface area contributed by atoms with E-state index in [9.17, 15) is 0 Å². The van der Waals surface area contributed by atoms with Crippen LogP contribution in [0.3, 0.4) is 0 Å². The van der Waals surface area contributed by atoms with Crippen LogP contribution in [-0.4, -0.2) is 11.1 Å². The zero-order chi connectivity index (χ0) is 8.10. The first-order valence-corrected chi connectivity index (χ1v) is 5.76. The lowest BCUT2D eigenvalue weighted by molar-refractivity contribution is 1.44. The Kier molecular flexibility index (Phi) is 4.34. The second kappa shape index (κ2) is 5.07. The van der Waals surface area contributed by atoms with Crippen molar-refractivity contribution >= 4 is 39.3 Å². The highest BCUT2D eigenvalue weighted by Gasteiger charge is 1.91. The SMILES string of the molecule is Clc1ccc(SCCBr)cc1. The van der Waals surface area contributed by atoms with Crippen LogP contribution in [0.4, 0.5) is 0 Å². The van der Waals surface area contributed by atoms with Gasteiger partial charge in [-0.25, -0.2) is 0 Å². The molecule has 0 amide bonds. The minimum Gasteiger partial charge on any atom is -0.125 e. The Labute approximate surface area is 84.5 Å². The predicted octanol–water partition coefficient (Wildman–Crippen LogP) is 3.83. The maximum atomic E-state index is 5.73. The van der Waals surface area contributed by atoms with Gasteiger partial charge in [-0.3, -0.25) is 0 Å². The largest absolute Gasteiger partial charge is 0.125 e. The third-order valence-corrected chi connectivity index (χ3v) is 3.35. The van der Waals surface area contributed by atoms with Crippen molar-refractivity contribution in [3.63, 3.8) is 0 Å². The lowest BCUT2D eigenvalue weighted by atomic mass is 10.4. The smallest absolute Gasteiger partial charge is 0.0406 e. The van der Waals surface area contributed by atoms with E-state index in [1.165, 1.54) is 4.90 Å². The average molecular weight is 252 g/mol. The van der Waals surface area contributed by atoms with Crippen LogP contribution in [0, 0.1) is 0 Å². The van der Waals surface area contributed by atoms with E-state index < -0.39 is 0 Å². The third kappa shape index (κ3) is 3.50. The van der Waals surface area contributed by atoms with Gasteiger partial charge < -0.3 is 0 Å². The summed E-state index contributed by atoms with van der Waals surface area (Å²) < 4.78 is 0. The quantitative estimate of drug-likeness (QED) is 0.581. The van der Waals surface area contributed by atoms with Crippen LogP contribution in [-0.2, 0) is 0 Å². The van der Waals surface area contributed by atoms with E-state index in [1.807, 2.05) is 36.0 Å². The van der Waals surface area contributed by atoms with Gasteiger partial charge in [-0.1, -0.05) is 27.5 Å². The Morgan fingerprint density at radius 3 is 2.45 bits per heavy atom. The van der Waals surface area contributed by atoms with Gasteiger partial charge in [0, 0.05) is 21.0 Å². The van der Waals surface area contributed by atoms with Gasteiger partial charge in [0.25, 0.3) is 0 Å². The number of hydrogen-bond donors (Lipinski definition) is 0. The van der Waals surface area contributed by atoms with Gasteiger partial charge in [0.05, 0.1) is 0 Å². The van der Waals surface area contributed by atoms with Crippen LogP contribution in [0.2, 0.25) is 5.02 Å². The summed E-state index contributed by atoms with van der Waals surface area (Å²) >= 11 is 10.9. The fourth-order valence-electron chi connectivity index (χ4n) is 0.687. The molecule has 0 saturated carbocycles. The molecule has 0 aromatic heterocycles. The standard InChI is InChI=1S/C8H8BrClS/c9-5-6-11-8-3-1-7(10)2-4-8/h1-4H,5-6H2. The van der Waals surface area contributed by atoms with Crippen molar-refractivity contribution in [2.75, 3.05) is 11.1 Å². The molecular formula is C8H8BrClS. The highest BCUT2D eigenvalue weighted by Crippen LogP contribution is 2.20. The minimum absolute atomic E-state index is 0.799. The molecule has 0 nitrogen and oxygen atoms in total. The van der Waals surface area contributed by atoms with Gasteiger partial charge in [0.15, 0.2) is 0 Å². The zero-order valence-electron chi connectivity index (χ0n) is 5.89. The van der Waals surface area contributed by atoms with E-state index in [4.69, 9.17) is 11.6 Å². The summed E-state index contributed by atoms with van der Waals surface area (Å²) in [4.78, 5) is 1.27. The molecule has 60 valence electrons. The molecule has 0 aliphatic carbocycles. The Hall–Kier alpha value is 0.340. The normalized spacial score (nSPS) is 10.0. The molecule has 0 unspecified atom stereocenters. The van der Waals surface area contributed by atoms with Crippen LogP contribution >= 0.6 is 39.3 Å². The summed E-state index contributed by atoms with van der Waals surface area (Å²) in [7, 11) is 0. The summed E-state index contributed by atoms with van der Waals surface area (Å²) in [5, 5.41) is 1.83. The van der Waals surface area contributed by atoms with Crippen molar-refractivity contribution in [3.8, 4) is 0 Å². The number of thioether (sulfide) groups is 1. The summed E-state index contributed by atoms with van der Waals surface area (Å²) in [6.07, 6.45) is 0. The van der Waals surface area contributed by atoms with Crippen LogP contribution in [0.15, 0.2) is 29.2 Å². The molecule has 0 spiro atoms. The Bertz CT molecular complexity index is 210. The molecule has 1 aromatic carbocycles. The Morgan fingerprint density at radius 2 is 1.91 bits per heavy atom. The number of halogens is 2. The molecule has 0 atom stereocenters. The summed E-state index contributed by atoms with van der Waals surface area (Å²) in [6.45, 7) is 0. The van der Waals surface area contributed by atoms with Crippen LogP contribution in [0.25, 0.3) is 0 Å². The number of hydrogen-bond acceptors (Lipinski definition) is 1. The van der Waals surface area contributed by atoms with Gasteiger partial charge in [-0.2, -0.15) is 0 Å². The minimum atomic E-state index is 0.799. The third-order valence-electron chi connectivity index (χ3n) is 1.16. The summed E-state index contributed by atoms with van der Waals surface area (Å²) in [6, 6.07) is 7.90. The van der Waals surface area contributed by atoms with E-state index in [2.05, 4.69) is 15.9 Å². The molecule has 0 aliphatic rings. The highest BCUT2D eigenvalue weighted by molar-refractivity contribution is 9.09. The van der Waals surface area contributed by atoms with Gasteiger partial charge in [0.2, 0.25) is 0 Å². The Balaban J connectivity index is 2.52. The lowest BCUT2D eigenvalue weighted by Crippen LogP contribution is -1.77. The van der Waals surface area contributed by atoms with Crippen molar-refractivity contribution in [2.45, 2.75) is 4.90 Å². The number of benzene rings is 1. The topological polar surface area (TPSA) is 0 Å². The number of alkyl halides is 1. The first kappa shape index (κ1) is 9.43. The highest BCUT2D eigenvalue weighted by atomic mass is 79.9. The molecule has 0 heterocycles. The molecule has 0 radical (unpaired) electrons. The first-order chi connectivity index (χ1) is 5.33. The van der Waals surface area contributed by atoms with Gasteiger partial charge in [0.1, 0.15) is 0 Å². The lowest BCUT2D eigenvalue weighted by Gasteiger charge is -1.97. The van der Waals surface area contributed by atoms with Gasteiger partial charge in [-0.15, -0.1) is 11.8 Å². The van der Waals surface area contributed by atoms with E-state index in [0.29, 0.717) is 0 Å². The predicted molar refractivity (Wildman–Crippen MR) is 56.0 cm³/mol. The van der Waals surface area contributed by atoms with E-state index in [-0.39, 0.29) is 0 Å². The maximum absolute atomic E-state index is 5.73. The van der Waals surface area contributed by atoms with E-state index in [1.54, 1.807) is 0 Å². The van der Waals surface area contributed by atoms with Gasteiger partial charge in [-0.05, 0) is 24.3 Å².